The normalized spacial score (nSPS) is 17.5. The summed E-state index contributed by atoms with van der Waals surface area (Å²) in [4.78, 5) is 12.3. The first-order chi connectivity index (χ1) is 16.3. The lowest BCUT2D eigenvalue weighted by Crippen LogP contribution is -2.25. The van der Waals surface area contributed by atoms with E-state index in [-0.39, 0.29) is 16.9 Å². The first-order valence-electron chi connectivity index (χ1n) is 10.4. The van der Waals surface area contributed by atoms with Crippen LogP contribution in [0, 0.1) is 0 Å². The van der Waals surface area contributed by atoms with Gasteiger partial charge in [0.15, 0.2) is 5.17 Å². The van der Waals surface area contributed by atoms with Crippen LogP contribution in [-0.4, -0.2) is 29.1 Å². The van der Waals surface area contributed by atoms with Crippen LogP contribution >= 0.6 is 11.8 Å². The van der Waals surface area contributed by atoms with E-state index < -0.39 is 11.7 Å². The molecular weight excluding hydrogens is 467 g/mol. The summed E-state index contributed by atoms with van der Waals surface area (Å²) < 4.78 is 49.7. The van der Waals surface area contributed by atoms with E-state index in [0.717, 1.165) is 23.4 Å². The molecule has 10 heteroatoms. The van der Waals surface area contributed by atoms with Crippen LogP contribution in [-0.2, 0) is 17.4 Å². The lowest BCUT2D eigenvalue weighted by molar-refractivity contribution is -0.137. The predicted octanol–water partition coefficient (Wildman–Crippen LogP) is 5.53. The van der Waals surface area contributed by atoms with Gasteiger partial charge in [0.2, 0.25) is 5.91 Å². The van der Waals surface area contributed by atoms with Crippen LogP contribution in [0.1, 0.15) is 23.8 Å². The highest BCUT2D eigenvalue weighted by Gasteiger charge is 2.31. The lowest BCUT2D eigenvalue weighted by atomic mass is 10.1. The molecular formula is C24H20F3N3O3S. The lowest BCUT2D eigenvalue weighted by Gasteiger charge is -2.07. The highest BCUT2D eigenvalue weighted by molar-refractivity contribution is 8.15. The Hall–Kier alpha value is -3.53. The Balaban J connectivity index is 1.37. The van der Waals surface area contributed by atoms with Gasteiger partial charge < -0.3 is 14.5 Å². The summed E-state index contributed by atoms with van der Waals surface area (Å²) in [7, 11) is 0. The van der Waals surface area contributed by atoms with Crippen LogP contribution < -0.4 is 10.1 Å². The fraction of sp³-hybridized carbons (Fsp3) is 0.208. The number of nitrogens with zero attached hydrogens (tertiary/aromatic N) is 2. The Kier molecular flexibility index (Phi) is 7.06. The van der Waals surface area contributed by atoms with E-state index in [1.165, 1.54) is 30.1 Å². The van der Waals surface area contributed by atoms with Gasteiger partial charge in [-0.05, 0) is 55.3 Å². The van der Waals surface area contributed by atoms with Gasteiger partial charge in [-0.3, -0.25) is 4.79 Å². The van der Waals surface area contributed by atoms with Crippen LogP contribution in [0.2, 0.25) is 0 Å². The average Bonchev–Trinajstić information content (AvgIpc) is 3.42. The molecule has 1 aromatic heterocycles. The van der Waals surface area contributed by atoms with Crippen LogP contribution in [0.5, 0.6) is 5.75 Å². The highest BCUT2D eigenvalue weighted by Crippen LogP contribution is 2.32. The molecule has 1 atom stereocenters. The second-order valence-electron chi connectivity index (χ2n) is 7.31. The largest absolute Gasteiger partial charge is 0.494 e. The highest BCUT2D eigenvalue weighted by atomic mass is 32.2. The van der Waals surface area contributed by atoms with E-state index in [9.17, 15) is 18.0 Å². The van der Waals surface area contributed by atoms with E-state index in [0.29, 0.717) is 29.5 Å². The number of halogens is 3. The summed E-state index contributed by atoms with van der Waals surface area (Å²) in [6.07, 6.45) is -2.57. The molecule has 2 aromatic carbocycles. The van der Waals surface area contributed by atoms with Crippen molar-refractivity contribution in [2.24, 2.45) is 10.2 Å². The topological polar surface area (TPSA) is 76.2 Å². The van der Waals surface area contributed by atoms with E-state index in [2.05, 4.69) is 15.5 Å². The van der Waals surface area contributed by atoms with Crippen LogP contribution in [0.25, 0.3) is 11.3 Å². The van der Waals surface area contributed by atoms with Crippen LogP contribution in [0.4, 0.5) is 13.2 Å². The maximum absolute atomic E-state index is 12.9. The van der Waals surface area contributed by atoms with Crippen molar-refractivity contribution in [1.29, 1.82) is 0 Å². The fourth-order valence-electron chi connectivity index (χ4n) is 3.25. The average molecular weight is 488 g/mol. The summed E-state index contributed by atoms with van der Waals surface area (Å²) in [5, 5.41) is 10.7. The fourth-order valence-corrected chi connectivity index (χ4v) is 4.22. The molecule has 6 nitrogen and oxygen atoms in total. The van der Waals surface area contributed by atoms with Crippen molar-refractivity contribution >= 4 is 29.1 Å². The number of amidine groups is 1. The number of amides is 1. The van der Waals surface area contributed by atoms with Gasteiger partial charge in [-0.25, -0.2) is 0 Å². The third-order valence-corrected chi connectivity index (χ3v) is 5.94. The molecule has 0 unspecified atom stereocenters. The molecule has 1 amide bonds. The number of rotatable bonds is 7. The van der Waals surface area contributed by atoms with Crippen molar-refractivity contribution in [2.45, 2.75) is 24.8 Å². The molecule has 0 aliphatic carbocycles. The minimum absolute atomic E-state index is 0.155. The molecule has 1 aliphatic rings. The molecule has 0 bridgehead atoms. The maximum atomic E-state index is 12.9. The number of ether oxygens (including phenoxy) is 1. The van der Waals surface area contributed by atoms with Crippen molar-refractivity contribution in [3.63, 3.8) is 0 Å². The van der Waals surface area contributed by atoms with E-state index >= 15 is 0 Å². The molecule has 4 rings (SSSR count). The molecule has 0 saturated carbocycles. The summed E-state index contributed by atoms with van der Waals surface area (Å²) in [5.74, 6) is 1.22. The molecule has 1 aliphatic heterocycles. The van der Waals surface area contributed by atoms with E-state index in [1.807, 2.05) is 31.2 Å². The summed E-state index contributed by atoms with van der Waals surface area (Å²) >= 11 is 1.28. The zero-order chi connectivity index (χ0) is 24.1. The standard InChI is InChI=1S/C24H20F3N3O3S/c1-2-32-18-8-6-15(7-9-18)12-21-22(31)29-23(34-21)30-28-14-19-10-11-20(33-19)16-4-3-5-17(13-16)24(25,26)27/h3-11,13-14,21H,2,12H2,1H3,(H,29,30,31)/b28-14-/t21-/m1/s1. The Morgan fingerprint density at radius 3 is 2.68 bits per heavy atom. The van der Waals surface area contributed by atoms with Crippen molar-refractivity contribution in [1.82, 2.24) is 5.32 Å². The first-order valence-corrected chi connectivity index (χ1v) is 11.3. The summed E-state index contributed by atoms with van der Waals surface area (Å²) in [6.45, 7) is 2.50. The van der Waals surface area contributed by atoms with Gasteiger partial charge in [-0.2, -0.15) is 18.3 Å². The number of carbonyl (C=O) groups is 1. The zero-order valence-corrected chi connectivity index (χ0v) is 18.8. The van der Waals surface area contributed by atoms with Crippen molar-refractivity contribution < 1.29 is 27.1 Å². The summed E-state index contributed by atoms with van der Waals surface area (Å²) in [5.41, 5.74) is 0.548. The molecule has 176 valence electrons. The zero-order valence-electron chi connectivity index (χ0n) is 18.0. The minimum atomic E-state index is -4.43. The van der Waals surface area contributed by atoms with Gasteiger partial charge in [0, 0.05) is 5.56 Å². The number of hydrogen-bond acceptors (Lipinski definition) is 6. The van der Waals surface area contributed by atoms with E-state index in [1.54, 1.807) is 12.1 Å². The smallest absolute Gasteiger partial charge is 0.416 e. The molecule has 2 heterocycles. The van der Waals surface area contributed by atoms with Gasteiger partial charge in [-0.1, -0.05) is 36.0 Å². The van der Waals surface area contributed by atoms with Crippen molar-refractivity contribution in [3.05, 3.63) is 77.6 Å². The number of nitrogens with one attached hydrogen (secondary N) is 1. The Morgan fingerprint density at radius 1 is 1.15 bits per heavy atom. The van der Waals surface area contributed by atoms with Gasteiger partial charge >= 0.3 is 6.18 Å². The molecule has 1 saturated heterocycles. The quantitative estimate of drug-likeness (QED) is 0.351. The van der Waals surface area contributed by atoms with Gasteiger partial charge in [-0.15, -0.1) is 5.10 Å². The second kappa shape index (κ2) is 10.2. The number of alkyl halides is 3. The van der Waals surface area contributed by atoms with Gasteiger partial charge in [0.25, 0.3) is 0 Å². The maximum Gasteiger partial charge on any atom is 0.416 e. The molecule has 34 heavy (non-hydrogen) atoms. The predicted molar refractivity (Wildman–Crippen MR) is 125 cm³/mol. The third kappa shape index (κ3) is 5.88. The minimum Gasteiger partial charge on any atom is -0.494 e. The number of carbonyl (C=O) groups excluding carboxylic acids is 1. The third-order valence-electron chi connectivity index (χ3n) is 4.87. The Labute approximate surface area is 197 Å². The van der Waals surface area contributed by atoms with Crippen LogP contribution in [0.15, 0.2) is 75.3 Å². The van der Waals surface area contributed by atoms with E-state index in [4.69, 9.17) is 9.15 Å². The Morgan fingerprint density at radius 2 is 1.94 bits per heavy atom. The number of hydrogen-bond donors (Lipinski definition) is 1. The molecule has 1 N–H and O–H groups in total. The molecule has 0 spiro atoms. The molecule has 3 aromatic rings. The monoisotopic (exact) mass is 487 g/mol. The van der Waals surface area contributed by atoms with Crippen molar-refractivity contribution in [3.8, 4) is 17.1 Å². The molecule has 1 fully saturated rings. The number of furan rings is 1. The Bertz CT molecular complexity index is 1220. The van der Waals surface area contributed by atoms with Gasteiger partial charge in [0.05, 0.1) is 23.6 Å². The van der Waals surface area contributed by atoms with Crippen LogP contribution in [0.3, 0.4) is 0 Å². The second-order valence-corrected chi connectivity index (χ2v) is 8.50. The SMILES string of the molecule is CCOc1ccc(C[C@H]2S/C(=N\N=C/c3ccc(-c4cccc(C(F)(F)F)c4)o3)NC2=O)cc1. The van der Waals surface area contributed by atoms with Crippen molar-refractivity contribution in [2.75, 3.05) is 6.61 Å². The number of thioether (sulfide) groups is 1. The molecule has 0 radical (unpaired) electrons. The van der Waals surface area contributed by atoms with Gasteiger partial charge in [0.1, 0.15) is 17.3 Å². The first kappa shape index (κ1) is 23.6. The number of benzene rings is 2. The summed E-state index contributed by atoms with van der Waals surface area (Å²) in [6, 6.07) is 15.6.